The van der Waals surface area contributed by atoms with Gasteiger partial charge in [-0.1, -0.05) is 24.3 Å². The first-order valence-corrected chi connectivity index (χ1v) is 9.90. The fourth-order valence-corrected chi connectivity index (χ4v) is 3.72. The standard InChI is InChI=1S/C20H22N2O3S/c1-13(25-20(24)16-10-6-12-21-19(16)26-2)18(23)22-17-11-5-8-14-7-3-4-9-15(14)17/h3-4,6-7,9-10,12-13,17H,5,8,11H2,1-2H3,(H,22,23)/t13-,17-/m1/s1. The van der Waals surface area contributed by atoms with E-state index in [4.69, 9.17) is 4.74 Å². The zero-order valence-corrected chi connectivity index (χ0v) is 15.7. The largest absolute Gasteiger partial charge is 0.449 e. The zero-order chi connectivity index (χ0) is 18.5. The normalized spacial score (nSPS) is 17.1. The minimum absolute atomic E-state index is 0.0336. The maximum atomic E-state index is 12.5. The van der Waals surface area contributed by atoms with E-state index in [-0.39, 0.29) is 11.9 Å². The molecule has 136 valence electrons. The highest BCUT2D eigenvalue weighted by molar-refractivity contribution is 7.98. The number of carbonyl (C=O) groups excluding carboxylic acids is 2. The lowest BCUT2D eigenvalue weighted by Gasteiger charge is -2.27. The van der Waals surface area contributed by atoms with Crippen molar-refractivity contribution < 1.29 is 14.3 Å². The van der Waals surface area contributed by atoms with Gasteiger partial charge in [0.15, 0.2) is 6.10 Å². The summed E-state index contributed by atoms with van der Waals surface area (Å²) in [5.41, 5.74) is 2.80. The summed E-state index contributed by atoms with van der Waals surface area (Å²) in [5.74, 6) is -0.816. The van der Waals surface area contributed by atoms with Crippen LogP contribution in [0.4, 0.5) is 0 Å². The monoisotopic (exact) mass is 370 g/mol. The molecule has 26 heavy (non-hydrogen) atoms. The van der Waals surface area contributed by atoms with Crippen LogP contribution in [0.1, 0.15) is 47.3 Å². The van der Waals surface area contributed by atoms with Crippen LogP contribution in [0, 0.1) is 0 Å². The molecule has 1 aliphatic carbocycles. The lowest BCUT2D eigenvalue weighted by Crippen LogP contribution is -2.39. The predicted molar refractivity (Wildman–Crippen MR) is 101 cm³/mol. The molecule has 2 atom stereocenters. The molecule has 1 heterocycles. The predicted octanol–water partition coefficient (Wildman–Crippen LogP) is 3.54. The van der Waals surface area contributed by atoms with E-state index in [1.54, 1.807) is 25.3 Å². The fraction of sp³-hybridized carbons (Fsp3) is 0.350. The molecule has 3 rings (SSSR count). The second-order valence-electron chi connectivity index (χ2n) is 6.26. The van der Waals surface area contributed by atoms with Crippen molar-refractivity contribution in [1.82, 2.24) is 10.3 Å². The van der Waals surface area contributed by atoms with Crippen LogP contribution in [0.15, 0.2) is 47.6 Å². The average molecular weight is 370 g/mol. The van der Waals surface area contributed by atoms with Gasteiger partial charge in [0, 0.05) is 6.20 Å². The minimum atomic E-state index is -0.869. The number of fused-ring (bicyclic) bond motifs is 1. The second-order valence-corrected chi connectivity index (χ2v) is 7.05. The maximum Gasteiger partial charge on any atom is 0.341 e. The highest BCUT2D eigenvalue weighted by atomic mass is 32.2. The maximum absolute atomic E-state index is 12.5. The van der Waals surface area contributed by atoms with Gasteiger partial charge in [-0.2, -0.15) is 0 Å². The van der Waals surface area contributed by atoms with Gasteiger partial charge in [0.2, 0.25) is 0 Å². The van der Waals surface area contributed by atoms with E-state index in [0.717, 1.165) is 24.8 Å². The Morgan fingerprint density at radius 2 is 2.08 bits per heavy atom. The first-order valence-electron chi connectivity index (χ1n) is 8.68. The number of hydrogen-bond acceptors (Lipinski definition) is 5. The topological polar surface area (TPSA) is 68.3 Å². The first kappa shape index (κ1) is 18.5. The van der Waals surface area contributed by atoms with Gasteiger partial charge in [-0.15, -0.1) is 11.8 Å². The third kappa shape index (κ3) is 4.07. The molecule has 0 radical (unpaired) electrons. The number of nitrogens with one attached hydrogen (secondary N) is 1. The first-order chi connectivity index (χ1) is 12.6. The number of aryl methyl sites for hydroxylation is 1. The Morgan fingerprint density at radius 3 is 2.88 bits per heavy atom. The summed E-state index contributed by atoms with van der Waals surface area (Å²) in [6.07, 6.45) is 5.55. The number of carbonyl (C=O) groups is 2. The molecule has 5 nitrogen and oxygen atoms in total. The van der Waals surface area contributed by atoms with Gasteiger partial charge in [0.05, 0.1) is 11.6 Å². The van der Waals surface area contributed by atoms with E-state index in [0.29, 0.717) is 10.6 Å². The van der Waals surface area contributed by atoms with Crippen LogP contribution in [0.2, 0.25) is 0 Å². The van der Waals surface area contributed by atoms with Crippen molar-refractivity contribution in [2.75, 3.05) is 6.26 Å². The van der Waals surface area contributed by atoms with E-state index in [1.165, 1.54) is 17.3 Å². The van der Waals surface area contributed by atoms with Crippen molar-refractivity contribution >= 4 is 23.6 Å². The third-order valence-corrected chi connectivity index (χ3v) is 5.24. The van der Waals surface area contributed by atoms with Gasteiger partial charge in [-0.25, -0.2) is 9.78 Å². The zero-order valence-electron chi connectivity index (χ0n) is 14.9. The Morgan fingerprint density at radius 1 is 1.27 bits per heavy atom. The Hall–Kier alpha value is -2.34. The summed E-state index contributed by atoms with van der Waals surface area (Å²) in [4.78, 5) is 29.1. The van der Waals surface area contributed by atoms with Crippen molar-refractivity contribution in [2.24, 2.45) is 0 Å². The van der Waals surface area contributed by atoms with E-state index < -0.39 is 12.1 Å². The molecule has 1 aromatic carbocycles. The Balaban J connectivity index is 1.65. The quantitative estimate of drug-likeness (QED) is 0.644. The number of amides is 1. The Kier molecular flexibility index (Phi) is 5.93. The van der Waals surface area contributed by atoms with Crippen molar-refractivity contribution in [3.05, 3.63) is 59.3 Å². The molecule has 1 N–H and O–H groups in total. The van der Waals surface area contributed by atoms with Gasteiger partial charge in [-0.3, -0.25) is 4.79 Å². The molecule has 1 aromatic heterocycles. The molecule has 0 spiro atoms. The van der Waals surface area contributed by atoms with Crippen LogP contribution in [-0.2, 0) is 16.0 Å². The number of aromatic nitrogens is 1. The lowest BCUT2D eigenvalue weighted by molar-refractivity contribution is -0.130. The van der Waals surface area contributed by atoms with Crippen LogP contribution in [0.5, 0.6) is 0 Å². The number of pyridine rings is 1. The van der Waals surface area contributed by atoms with E-state index in [1.807, 2.05) is 18.4 Å². The molecule has 0 bridgehead atoms. The summed E-state index contributed by atoms with van der Waals surface area (Å²) in [7, 11) is 0. The molecule has 6 heteroatoms. The fourth-order valence-electron chi connectivity index (χ4n) is 3.18. The molecule has 0 fully saturated rings. The molecule has 0 unspecified atom stereocenters. The number of nitrogens with zero attached hydrogens (tertiary/aromatic N) is 1. The summed E-state index contributed by atoms with van der Waals surface area (Å²) >= 11 is 1.37. The van der Waals surface area contributed by atoms with Crippen LogP contribution in [0.3, 0.4) is 0 Å². The SMILES string of the molecule is CSc1ncccc1C(=O)O[C@H](C)C(=O)N[C@@H]1CCCc2ccccc21. The average Bonchev–Trinajstić information content (AvgIpc) is 2.68. The third-order valence-electron chi connectivity index (χ3n) is 4.52. The number of esters is 1. The van der Waals surface area contributed by atoms with Gasteiger partial charge >= 0.3 is 5.97 Å². The molecule has 2 aromatic rings. The summed E-state index contributed by atoms with van der Waals surface area (Å²) < 4.78 is 5.37. The van der Waals surface area contributed by atoms with Crippen molar-refractivity contribution in [3.63, 3.8) is 0 Å². The van der Waals surface area contributed by atoms with Crippen LogP contribution in [-0.4, -0.2) is 29.2 Å². The van der Waals surface area contributed by atoms with Gasteiger partial charge in [0.1, 0.15) is 5.03 Å². The Labute approximate surface area is 157 Å². The van der Waals surface area contributed by atoms with E-state index >= 15 is 0 Å². The van der Waals surface area contributed by atoms with E-state index in [2.05, 4.69) is 22.4 Å². The molecule has 0 saturated carbocycles. The summed E-state index contributed by atoms with van der Waals surface area (Å²) in [6, 6.07) is 11.5. The van der Waals surface area contributed by atoms with Crippen molar-refractivity contribution in [1.29, 1.82) is 0 Å². The number of thioether (sulfide) groups is 1. The highest BCUT2D eigenvalue weighted by Crippen LogP contribution is 2.29. The smallest absolute Gasteiger partial charge is 0.341 e. The number of rotatable bonds is 5. The number of hydrogen-bond donors (Lipinski definition) is 1. The van der Waals surface area contributed by atoms with Gasteiger partial charge < -0.3 is 10.1 Å². The number of ether oxygens (including phenoxy) is 1. The molecule has 0 aliphatic heterocycles. The van der Waals surface area contributed by atoms with Crippen LogP contribution >= 0.6 is 11.8 Å². The lowest BCUT2D eigenvalue weighted by atomic mass is 9.87. The second kappa shape index (κ2) is 8.36. The van der Waals surface area contributed by atoms with Crippen LogP contribution in [0.25, 0.3) is 0 Å². The Bertz CT molecular complexity index is 809. The number of benzene rings is 1. The van der Waals surface area contributed by atoms with E-state index in [9.17, 15) is 9.59 Å². The van der Waals surface area contributed by atoms with Gasteiger partial charge in [-0.05, 0) is 55.7 Å². The van der Waals surface area contributed by atoms with Crippen LogP contribution < -0.4 is 5.32 Å². The minimum Gasteiger partial charge on any atom is -0.449 e. The summed E-state index contributed by atoms with van der Waals surface area (Å²) in [6.45, 7) is 1.59. The molecule has 0 saturated heterocycles. The highest BCUT2D eigenvalue weighted by Gasteiger charge is 2.26. The summed E-state index contributed by atoms with van der Waals surface area (Å²) in [5, 5.41) is 3.61. The molecular formula is C20H22N2O3S. The molecular weight excluding hydrogens is 348 g/mol. The molecule has 1 aliphatic rings. The van der Waals surface area contributed by atoms with Crippen molar-refractivity contribution in [2.45, 2.75) is 43.4 Å². The molecule has 1 amide bonds. The van der Waals surface area contributed by atoms with Gasteiger partial charge in [0.25, 0.3) is 5.91 Å². The van der Waals surface area contributed by atoms with Crippen molar-refractivity contribution in [3.8, 4) is 0 Å².